The normalized spacial score (nSPS) is 16.3. The Balaban J connectivity index is 1.20. The van der Waals surface area contributed by atoms with Crippen molar-refractivity contribution in [3.8, 4) is 17.4 Å². The number of allylic oxidation sites excluding steroid dienone is 4. The molecule has 0 fully saturated rings. The first-order valence-corrected chi connectivity index (χ1v) is 15.7. The largest absolute Gasteiger partial charge is 0.309 e. The summed E-state index contributed by atoms with van der Waals surface area (Å²) < 4.78 is 4.65. The van der Waals surface area contributed by atoms with E-state index < -0.39 is 5.41 Å². The predicted octanol–water partition coefficient (Wildman–Crippen LogP) is 10.7. The van der Waals surface area contributed by atoms with Crippen LogP contribution in [0.2, 0.25) is 0 Å². The molecular formula is C43H29N3. The highest BCUT2D eigenvalue weighted by atomic mass is 15.0. The first kappa shape index (κ1) is 26.3. The second-order valence-electron chi connectivity index (χ2n) is 12.1. The van der Waals surface area contributed by atoms with Gasteiger partial charge in [0.15, 0.2) is 0 Å². The van der Waals surface area contributed by atoms with Crippen molar-refractivity contribution in [2.24, 2.45) is 0 Å². The fourth-order valence-electron chi connectivity index (χ4n) is 7.38. The summed E-state index contributed by atoms with van der Waals surface area (Å²) in [7, 11) is 0. The van der Waals surface area contributed by atoms with E-state index in [1.165, 1.54) is 27.2 Å². The number of nitriles is 1. The lowest BCUT2D eigenvalue weighted by atomic mass is 9.74. The van der Waals surface area contributed by atoms with E-state index in [-0.39, 0.29) is 0 Å². The molecule has 0 saturated carbocycles. The number of nitrogens with zero attached hydrogens (tertiary/aromatic N) is 3. The first-order valence-electron chi connectivity index (χ1n) is 15.7. The van der Waals surface area contributed by atoms with Gasteiger partial charge >= 0.3 is 0 Å². The van der Waals surface area contributed by atoms with Gasteiger partial charge in [0, 0.05) is 32.9 Å². The van der Waals surface area contributed by atoms with Crippen LogP contribution in [0.25, 0.3) is 60.6 Å². The summed E-state index contributed by atoms with van der Waals surface area (Å²) in [4.78, 5) is 0. The van der Waals surface area contributed by atoms with Crippen molar-refractivity contribution in [1.82, 2.24) is 9.13 Å². The average molecular weight is 588 g/mol. The molecular weight excluding hydrogens is 558 g/mol. The molecule has 0 N–H and O–H groups in total. The summed E-state index contributed by atoms with van der Waals surface area (Å²) in [6.07, 6.45) is 7.15. The Hall–Kier alpha value is -6.11. The lowest BCUT2D eigenvalue weighted by molar-refractivity contribution is 0.695. The lowest BCUT2D eigenvalue weighted by Crippen LogP contribution is -2.22. The number of fused-ring (bicyclic) bond motifs is 6. The van der Waals surface area contributed by atoms with Crippen LogP contribution in [0, 0.1) is 11.3 Å². The van der Waals surface area contributed by atoms with E-state index >= 15 is 0 Å². The van der Waals surface area contributed by atoms with Gasteiger partial charge in [0.05, 0.1) is 28.1 Å². The van der Waals surface area contributed by atoms with Crippen LogP contribution < -0.4 is 0 Å². The van der Waals surface area contributed by atoms with Crippen LogP contribution in [0.1, 0.15) is 17.5 Å². The van der Waals surface area contributed by atoms with Crippen molar-refractivity contribution in [2.75, 3.05) is 0 Å². The van der Waals surface area contributed by atoms with Crippen LogP contribution in [-0.2, 0) is 5.41 Å². The minimum Gasteiger partial charge on any atom is -0.309 e. The van der Waals surface area contributed by atoms with Gasteiger partial charge in [-0.2, -0.15) is 5.26 Å². The molecule has 6 aromatic carbocycles. The van der Waals surface area contributed by atoms with Crippen LogP contribution in [0.4, 0.5) is 0 Å². The number of aromatic nitrogens is 2. The van der Waals surface area contributed by atoms with Gasteiger partial charge in [-0.3, -0.25) is 0 Å². The van der Waals surface area contributed by atoms with Crippen LogP contribution in [0.3, 0.4) is 0 Å². The maximum absolute atomic E-state index is 10.8. The van der Waals surface area contributed by atoms with Gasteiger partial charge in [0.1, 0.15) is 5.41 Å². The Bertz CT molecular complexity index is 2560. The second kappa shape index (κ2) is 10.2. The molecule has 2 heterocycles. The van der Waals surface area contributed by atoms with Crippen LogP contribution in [-0.4, -0.2) is 9.13 Å². The maximum Gasteiger partial charge on any atom is 0.105 e. The molecule has 216 valence electrons. The zero-order chi connectivity index (χ0) is 30.7. The summed E-state index contributed by atoms with van der Waals surface area (Å²) in [6, 6.07) is 54.2. The average Bonchev–Trinajstić information content (AvgIpc) is 3.64. The quantitative estimate of drug-likeness (QED) is 0.202. The number of rotatable bonds is 4. The summed E-state index contributed by atoms with van der Waals surface area (Å²) in [5.41, 5.74) is 9.34. The van der Waals surface area contributed by atoms with Crippen LogP contribution in [0.15, 0.2) is 164 Å². The smallest absolute Gasteiger partial charge is 0.105 e. The number of hydrogen-bond acceptors (Lipinski definition) is 1. The summed E-state index contributed by atoms with van der Waals surface area (Å²) in [6.45, 7) is 0. The van der Waals surface area contributed by atoms with Crippen molar-refractivity contribution >= 4 is 49.2 Å². The molecule has 9 rings (SSSR count). The van der Waals surface area contributed by atoms with E-state index in [2.05, 4.69) is 173 Å². The van der Waals surface area contributed by atoms with E-state index in [1.54, 1.807) is 0 Å². The molecule has 1 aliphatic rings. The van der Waals surface area contributed by atoms with Gasteiger partial charge in [-0.15, -0.1) is 0 Å². The van der Waals surface area contributed by atoms with Gasteiger partial charge in [0.2, 0.25) is 0 Å². The monoisotopic (exact) mass is 587 g/mol. The van der Waals surface area contributed by atoms with E-state index in [1.807, 2.05) is 6.07 Å². The molecule has 0 saturated heterocycles. The van der Waals surface area contributed by atoms with Gasteiger partial charge in [-0.05, 0) is 83.8 Å². The van der Waals surface area contributed by atoms with Crippen molar-refractivity contribution < 1.29 is 0 Å². The highest BCUT2D eigenvalue weighted by molar-refractivity contribution is 6.11. The highest BCUT2D eigenvalue weighted by Gasteiger charge is 2.32. The highest BCUT2D eigenvalue weighted by Crippen LogP contribution is 2.41. The van der Waals surface area contributed by atoms with E-state index in [0.29, 0.717) is 6.42 Å². The Labute approximate surface area is 267 Å². The molecule has 8 aromatic rings. The maximum atomic E-state index is 10.8. The Morgan fingerprint density at radius 1 is 0.522 bits per heavy atom. The molecule has 1 aliphatic carbocycles. The summed E-state index contributed by atoms with van der Waals surface area (Å²) >= 11 is 0. The fraction of sp³-hybridized carbons (Fsp3) is 0.0465. The zero-order valence-electron chi connectivity index (χ0n) is 25.1. The third-order valence-electron chi connectivity index (χ3n) is 9.56. The van der Waals surface area contributed by atoms with Gasteiger partial charge in [0.25, 0.3) is 0 Å². The molecule has 46 heavy (non-hydrogen) atoms. The molecule has 2 aromatic heterocycles. The summed E-state index contributed by atoms with van der Waals surface area (Å²) in [5.74, 6) is 0. The molecule has 0 radical (unpaired) electrons. The molecule has 0 spiro atoms. The standard InChI is InChI=1S/C43H29N3/c44-29-43(32-22-24-42-38(27-32)36-18-8-10-20-40(36)46(42)34-15-5-2-6-16-34)25-11-12-31(28-43)30-21-23-41-37(26-30)35-17-7-9-19-39(35)45(41)33-13-3-1-4-14-33/h1-24,26-28H,25H2. The Morgan fingerprint density at radius 2 is 1.04 bits per heavy atom. The SMILES string of the molecule is N#CC1(c2ccc3c(c2)c2ccccc2n3-c2ccccc2)C=C(c2ccc3c(c2)c2ccccc2n3-c2ccccc2)C=CC1. The van der Waals surface area contributed by atoms with E-state index in [4.69, 9.17) is 0 Å². The molecule has 0 bridgehead atoms. The van der Waals surface area contributed by atoms with E-state index in [9.17, 15) is 5.26 Å². The van der Waals surface area contributed by atoms with Crippen LogP contribution in [0.5, 0.6) is 0 Å². The molecule has 0 aliphatic heterocycles. The number of hydrogen-bond donors (Lipinski definition) is 0. The minimum atomic E-state index is -0.777. The van der Waals surface area contributed by atoms with Crippen molar-refractivity contribution in [3.63, 3.8) is 0 Å². The molecule has 0 amide bonds. The Morgan fingerprint density at radius 3 is 1.65 bits per heavy atom. The minimum absolute atomic E-state index is 0.630. The molecule has 3 nitrogen and oxygen atoms in total. The molecule has 3 heteroatoms. The van der Waals surface area contributed by atoms with Crippen LogP contribution >= 0.6 is 0 Å². The van der Waals surface area contributed by atoms with Crippen molar-refractivity contribution in [3.05, 3.63) is 175 Å². The van der Waals surface area contributed by atoms with Gasteiger partial charge in [-0.25, -0.2) is 0 Å². The zero-order valence-corrected chi connectivity index (χ0v) is 25.1. The molecule has 1 atom stereocenters. The van der Waals surface area contributed by atoms with E-state index in [0.717, 1.165) is 44.5 Å². The van der Waals surface area contributed by atoms with Crippen molar-refractivity contribution in [2.45, 2.75) is 11.8 Å². The predicted molar refractivity (Wildman–Crippen MR) is 191 cm³/mol. The third kappa shape index (κ3) is 3.91. The molecule has 1 unspecified atom stereocenters. The number of benzene rings is 6. The third-order valence-corrected chi connectivity index (χ3v) is 9.56. The number of para-hydroxylation sites is 4. The second-order valence-corrected chi connectivity index (χ2v) is 12.1. The Kier molecular flexibility index (Phi) is 5.85. The topological polar surface area (TPSA) is 33.6 Å². The fourth-order valence-corrected chi connectivity index (χ4v) is 7.38. The van der Waals surface area contributed by atoms with Crippen molar-refractivity contribution in [1.29, 1.82) is 5.26 Å². The van der Waals surface area contributed by atoms with Gasteiger partial charge in [-0.1, -0.05) is 103 Å². The van der Waals surface area contributed by atoms with Gasteiger partial charge < -0.3 is 9.13 Å². The lowest BCUT2D eigenvalue weighted by Gasteiger charge is -2.27. The first-order chi connectivity index (χ1) is 22.7. The summed E-state index contributed by atoms with van der Waals surface area (Å²) in [5, 5.41) is 15.6.